The molecule has 0 aromatic heterocycles. The molecule has 0 saturated carbocycles. The van der Waals surface area contributed by atoms with Crippen LogP contribution in [0.25, 0.3) is 0 Å². The Labute approximate surface area is 193 Å². The van der Waals surface area contributed by atoms with E-state index in [1.807, 2.05) is 0 Å². The number of fused-ring (bicyclic) bond motifs is 1. The molecule has 0 aromatic rings. The maximum atomic E-state index is 7.19. The zero-order valence-corrected chi connectivity index (χ0v) is 24.3. The van der Waals surface area contributed by atoms with Crippen LogP contribution in [-0.2, 0) is 18.3 Å². The van der Waals surface area contributed by atoms with E-state index in [-0.39, 0.29) is 33.8 Å². The van der Waals surface area contributed by atoms with Crippen molar-refractivity contribution in [3.63, 3.8) is 0 Å². The molecule has 0 N–H and O–H groups in total. The molecule has 0 aromatic carbocycles. The van der Waals surface area contributed by atoms with E-state index in [1.165, 1.54) is 0 Å². The lowest BCUT2D eigenvalue weighted by Crippen LogP contribution is -2.64. The van der Waals surface area contributed by atoms with Crippen LogP contribution in [-0.4, -0.2) is 47.7 Å². The van der Waals surface area contributed by atoms with Crippen molar-refractivity contribution in [2.75, 3.05) is 7.11 Å². The number of ether oxygens (including phenoxy) is 2. The molecule has 1 aliphatic carbocycles. The molecule has 6 heteroatoms. The molecular weight excluding hydrogens is 420 g/mol. The van der Waals surface area contributed by atoms with Crippen LogP contribution in [0.5, 0.6) is 0 Å². The SMILES string of the molecule is COC1=CCC[C@@]2(C)C[C@H]3O[C@@]12[C@@H](O[Si](C)(C)C(C)(C)C)C[C@@H]3O[Si](C)(C)C(C)(C)C. The normalized spacial score (nSPS) is 36.8. The van der Waals surface area contributed by atoms with Crippen molar-refractivity contribution < 1.29 is 18.3 Å². The fraction of sp³-hybridized carbons (Fsp3) is 0.920. The predicted octanol–water partition coefficient (Wildman–Crippen LogP) is 7.03. The van der Waals surface area contributed by atoms with Gasteiger partial charge in [-0.15, -0.1) is 0 Å². The molecule has 1 spiro atoms. The van der Waals surface area contributed by atoms with Crippen LogP contribution in [0.15, 0.2) is 11.8 Å². The van der Waals surface area contributed by atoms with Gasteiger partial charge in [0.05, 0.1) is 25.4 Å². The maximum Gasteiger partial charge on any atom is 0.192 e. The number of methoxy groups -OCH3 is 1. The summed E-state index contributed by atoms with van der Waals surface area (Å²) in [5.74, 6) is 0.984. The van der Waals surface area contributed by atoms with Crippen LogP contribution in [0.3, 0.4) is 0 Å². The van der Waals surface area contributed by atoms with Crippen molar-refractivity contribution in [1.82, 2.24) is 0 Å². The summed E-state index contributed by atoms with van der Waals surface area (Å²) in [5, 5.41) is 0.307. The van der Waals surface area contributed by atoms with Gasteiger partial charge in [-0.1, -0.05) is 48.5 Å². The van der Waals surface area contributed by atoms with Gasteiger partial charge in [0, 0.05) is 11.8 Å². The Morgan fingerprint density at radius 3 is 2.03 bits per heavy atom. The van der Waals surface area contributed by atoms with Gasteiger partial charge < -0.3 is 18.3 Å². The Morgan fingerprint density at radius 1 is 0.968 bits per heavy atom. The highest BCUT2D eigenvalue weighted by atomic mass is 28.4. The topological polar surface area (TPSA) is 36.9 Å². The smallest absolute Gasteiger partial charge is 0.192 e. The van der Waals surface area contributed by atoms with Gasteiger partial charge in [-0.3, -0.25) is 0 Å². The van der Waals surface area contributed by atoms with Crippen LogP contribution >= 0.6 is 0 Å². The fourth-order valence-electron chi connectivity index (χ4n) is 5.27. The Kier molecular flexibility index (Phi) is 6.32. The second kappa shape index (κ2) is 7.69. The quantitative estimate of drug-likeness (QED) is 0.406. The first-order valence-electron chi connectivity index (χ1n) is 12.2. The summed E-state index contributed by atoms with van der Waals surface area (Å²) in [4.78, 5) is 0. The molecule has 0 unspecified atom stereocenters. The molecule has 4 nitrogen and oxygen atoms in total. The van der Waals surface area contributed by atoms with Crippen molar-refractivity contribution >= 4 is 16.6 Å². The van der Waals surface area contributed by atoms with Crippen LogP contribution in [0.4, 0.5) is 0 Å². The second-order valence-electron chi connectivity index (χ2n) is 13.5. The van der Waals surface area contributed by atoms with Crippen molar-refractivity contribution in [3.05, 3.63) is 11.8 Å². The van der Waals surface area contributed by atoms with Crippen LogP contribution < -0.4 is 0 Å². The molecule has 2 saturated heterocycles. The third-order valence-electron chi connectivity index (χ3n) is 9.31. The molecule has 2 bridgehead atoms. The molecule has 2 fully saturated rings. The van der Waals surface area contributed by atoms with E-state index in [0.717, 1.165) is 31.4 Å². The molecule has 180 valence electrons. The first-order valence-corrected chi connectivity index (χ1v) is 18.0. The van der Waals surface area contributed by atoms with Gasteiger partial charge in [-0.25, -0.2) is 0 Å². The fourth-order valence-corrected chi connectivity index (χ4v) is 7.96. The van der Waals surface area contributed by atoms with E-state index in [9.17, 15) is 0 Å². The minimum Gasteiger partial charge on any atom is -0.498 e. The highest BCUT2D eigenvalue weighted by Gasteiger charge is 2.70. The van der Waals surface area contributed by atoms with E-state index in [4.69, 9.17) is 18.3 Å². The molecule has 2 aliphatic heterocycles. The summed E-state index contributed by atoms with van der Waals surface area (Å²) >= 11 is 0. The molecule has 3 rings (SSSR count). The average Bonchev–Trinajstić information content (AvgIpc) is 2.87. The maximum absolute atomic E-state index is 7.19. The van der Waals surface area contributed by atoms with Gasteiger partial charge in [-0.05, 0) is 61.6 Å². The summed E-state index contributed by atoms with van der Waals surface area (Å²) in [7, 11) is -2.15. The monoisotopic (exact) mass is 468 g/mol. The number of hydrogen-bond donors (Lipinski definition) is 0. The van der Waals surface area contributed by atoms with Gasteiger partial charge in [0.15, 0.2) is 22.2 Å². The average molecular weight is 469 g/mol. The van der Waals surface area contributed by atoms with E-state index in [0.29, 0.717) is 0 Å². The molecular formula is C25H48O4Si2. The molecule has 3 aliphatic rings. The number of hydrogen-bond acceptors (Lipinski definition) is 4. The summed E-state index contributed by atoms with van der Waals surface area (Å²) in [6.07, 6.45) is 6.46. The van der Waals surface area contributed by atoms with Crippen molar-refractivity contribution in [2.45, 2.75) is 134 Å². The molecule has 0 amide bonds. The van der Waals surface area contributed by atoms with Gasteiger partial charge in [0.1, 0.15) is 5.76 Å². The van der Waals surface area contributed by atoms with Crippen LogP contribution in [0.2, 0.25) is 36.3 Å². The minimum atomic E-state index is -2.02. The van der Waals surface area contributed by atoms with Crippen LogP contribution in [0.1, 0.15) is 74.1 Å². The first kappa shape index (κ1) is 25.5. The summed E-state index contributed by atoms with van der Waals surface area (Å²) in [6, 6.07) is 0. The Morgan fingerprint density at radius 2 is 1.52 bits per heavy atom. The zero-order valence-electron chi connectivity index (χ0n) is 22.3. The largest absolute Gasteiger partial charge is 0.498 e. The summed E-state index contributed by atoms with van der Waals surface area (Å²) in [5.41, 5.74) is -0.482. The Bertz CT molecular complexity index is 718. The number of allylic oxidation sites excluding steroid dienone is 1. The molecule has 5 atom stereocenters. The van der Waals surface area contributed by atoms with E-state index in [2.05, 4.69) is 80.7 Å². The van der Waals surface area contributed by atoms with E-state index in [1.54, 1.807) is 7.11 Å². The van der Waals surface area contributed by atoms with Gasteiger partial charge in [0.25, 0.3) is 0 Å². The van der Waals surface area contributed by atoms with E-state index >= 15 is 0 Å². The second-order valence-corrected chi connectivity index (χ2v) is 23.0. The zero-order chi connectivity index (χ0) is 23.7. The van der Waals surface area contributed by atoms with Gasteiger partial charge in [-0.2, -0.15) is 0 Å². The molecule has 0 radical (unpaired) electrons. The molecule has 31 heavy (non-hydrogen) atoms. The van der Waals surface area contributed by atoms with Crippen molar-refractivity contribution in [3.8, 4) is 0 Å². The minimum absolute atomic E-state index is 0.0102. The highest BCUT2D eigenvalue weighted by Crippen LogP contribution is 2.63. The molecule has 2 heterocycles. The lowest BCUT2D eigenvalue weighted by atomic mass is 9.64. The highest BCUT2D eigenvalue weighted by molar-refractivity contribution is 6.74. The van der Waals surface area contributed by atoms with Gasteiger partial charge in [0.2, 0.25) is 0 Å². The third kappa shape index (κ3) is 4.03. The Balaban J connectivity index is 2.04. The summed E-state index contributed by atoms with van der Waals surface area (Å²) < 4.78 is 27.2. The predicted molar refractivity (Wildman–Crippen MR) is 133 cm³/mol. The standard InChI is InChI=1S/C25H48O4Si2/c1-22(2,3)30(9,10)28-18-16-21(29-31(11,12)23(4,5)6)25-20(26-8)14-13-15-24(25,7)17-19(18)27-25/h14,18-19,21H,13,15-17H2,1-12H3/t18-,19+,21-,24-,25+/m0/s1. The van der Waals surface area contributed by atoms with Crippen LogP contribution in [0, 0.1) is 5.41 Å². The third-order valence-corrected chi connectivity index (χ3v) is 18.3. The number of rotatable bonds is 5. The van der Waals surface area contributed by atoms with Crippen molar-refractivity contribution in [2.24, 2.45) is 5.41 Å². The Hall–Kier alpha value is -0.146. The lowest BCUT2D eigenvalue weighted by Gasteiger charge is -2.55. The van der Waals surface area contributed by atoms with E-state index < -0.39 is 22.2 Å². The first-order chi connectivity index (χ1) is 13.9. The lowest BCUT2D eigenvalue weighted by molar-refractivity contribution is -0.204. The summed E-state index contributed by atoms with van der Waals surface area (Å²) in [6.45, 7) is 25.7. The van der Waals surface area contributed by atoms with Crippen molar-refractivity contribution in [1.29, 1.82) is 0 Å². The van der Waals surface area contributed by atoms with Gasteiger partial charge >= 0.3 is 0 Å².